The molecule has 0 unspecified atom stereocenters. The average Bonchev–Trinajstić information content (AvgIpc) is 3.48. The van der Waals surface area contributed by atoms with Gasteiger partial charge in [0.1, 0.15) is 11.2 Å². The summed E-state index contributed by atoms with van der Waals surface area (Å²) in [5.41, 5.74) is 3.51. The van der Waals surface area contributed by atoms with Crippen molar-refractivity contribution in [3.05, 3.63) is 90.5 Å². The highest BCUT2D eigenvalue weighted by Gasteiger charge is 2.17. The van der Waals surface area contributed by atoms with Crippen LogP contribution in [0.25, 0.3) is 22.2 Å². The number of rotatable bonds is 5. The Kier molecular flexibility index (Phi) is 4.89. The first-order valence-electron chi connectivity index (χ1n) is 9.80. The largest absolute Gasteiger partial charge is 0.331 e. The molecule has 0 radical (unpaired) electrons. The number of benzene rings is 2. The second-order valence-corrected chi connectivity index (χ2v) is 6.93. The average molecular weight is 423 g/mol. The van der Waals surface area contributed by atoms with Crippen LogP contribution < -0.4 is 10.6 Å². The molecule has 0 spiro atoms. The van der Waals surface area contributed by atoms with E-state index >= 15 is 0 Å². The number of aromatic amines is 2. The van der Waals surface area contributed by atoms with Crippen molar-refractivity contribution in [3.63, 3.8) is 0 Å². The molecule has 0 fully saturated rings. The first-order chi connectivity index (χ1) is 15.7. The molecule has 32 heavy (non-hydrogen) atoms. The fourth-order valence-electron chi connectivity index (χ4n) is 3.32. The summed E-state index contributed by atoms with van der Waals surface area (Å²) < 4.78 is 0. The van der Waals surface area contributed by atoms with Crippen LogP contribution in [-0.4, -0.2) is 36.7 Å². The van der Waals surface area contributed by atoms with E-state index in [-0.39, 0.29) is 17.5 Å². The fraction of sp³-hybridized carbons (Fsp3) is 0. The molecule has 2 amide bonds. The van der Waals surface area contributed by atoms with Crippen LogP contribution in [0.2, 0.25) is 0 Å². The number of imidazole rings is 2. The smallest absolute Gasteiger partial charge is 0.276 e. The lowest BCUT2D eigenvalue weighted by Crippen LogP contribution is -2.15. The van der Waals surface area contributed by atoms with E-state index in [1.807, 2.05) is 36.4 Å². The van der Waals surface area contributed by atoms with Gasteiger partial charge in [-0.3, -0.25) is 25.2 Å². The van der Waals surface area contributed by atoms with Crippen molar-refractivity contribution in [3.8, 4) is 11.1 Å². The highest BCUT2D eigenvalue weighted by atomic mass is 16.2. The zero-order valence-corrected chi connectivity index (χ0v) is 16.7. The number of aromatic nitrogens is 5. The third-order valence-corrected chi connectivity index (χ3v) is 4.82. The Balaban J connectivity index is 1.39. The quantitative estimate of drug-likeness (QED) is 0.341. The summed E-state index contributed by atoms with van der Waals surface area (Å²) in [6.45, 7) is 0. The van der Waals surface area contributed by atoms with Gasteiger partial charge in [0.05, 0.1) is 11.1 Å². The minimum absolute atomic E-state index is 0.218. The van der Waals surface area contributed by atoms with Crippen molar-refractivity contribution >= 4 is 34.7 Å². The van der Waals surface area contributed by atoms with Gasteiger partial charge in [-0.2, -0.15) is 0 Å². The summed E-state index contributed by atoms with van der Waals surface area (Å²) >= 11 is 0. The van der Waals surface area contributed by atoms with Crippen LogP contribution in [-0.2, 0) is 0 Å². The topological polar surface area (TPSA) is 128 Å². The summed E-state index contributed by atoms with van der Waals surface area (Å²) in [6, 6.07) is 18.4. The molecular formula is C23H17N7O2. The monoisotopic (exact) mass is 423 g/mol. The van der Waals surface area contributed by atoms with Crippen LogP contribution in [0.15, 0.2) is 79.3 Å². The van der Waals surface area contributed by atoms with Gasteiger partial charge in [0, 0.05) is 18.6 Å². The standard InChI is InChI=1S/C23H17N7O2/c31-20(29-22-25-11-12-26-22)16-7-4-8-17-19(16)28-23(27-17)30-21(32)18-13-15(9-10-24-18)14-5-2-1-3-6-14/h1-13H,(H2,25,26,29,31)(H2,27,28,30,32). The minimum atomic E-state index is -0.413. The van der Waals surface area contributed by atoms with Crippen LogP contribution in [0.5, 0.6) is 0 Å². The summed E-state index contributed by atoms with van der Waals surface area (Å²) in [7, 11) is 0. The number of H-pyrrole nitrogens is 2. The maximum absolute atomic E-state index is 12.8. The molecule has 156 valence electrons. The van der Waals surface area contributed by atoms with Crippen molar-refractivity contribution < 1.29 is 9.59 Å². The van der Waals surface area contributed by atoms with Gasteiger partial charge < -0.3 is 9.97 Å². The molecule has 4 N–H and O–H groups in total. The van der Waals surface area contributed by atoms with E-state index in [0.717, 1.165) is 11.1 Å². The van der Waals surface area contributed by atoms with Crippen molar-refractivity contribution in [1.82, 2.24) is 24.9 Å². The SMILES string of the molecule is O=C(Nc1nc2c(C(=O)Nc3ncc[nH]3)cccc2[nH]1)c1cc(-c2ccccc2)ccn1. The molecule has 9 nitrogen and oxygen atoms in total. The van der Waals surface area contributed by atoms with Crippen LogP contribution in [0.3, 0.4) is 0 Å². The van der Waals surface area contributed by atoms with Crippen molar-refractivity contribution in [1.29, 1.82) is 0 Å². The normalized spacial score (nSPS) is 10.8. The Hall–Kier alpha value is -4.79. The molecule has 0 saturated carbocycles. The fourth-order valence-corrected chi connectivity index (χ4v) is 3.32. The van der Waals surface area contributed by atoms with E-state index in [1.165, 1.54) is 0 Å². The number of carbonyl (C=O) groups is 2. The zero-order chi connectivity index (χ0) is 21.9. The second kappa shape index (κ2) is 8.15. The van der Waals surface area contributed by atoms with Crippen LogP contribution >= 0.6 is 0 Å². The number of fused-ring (bicyclic) bond motifs is 1. The lowest BCUT2D eigenvalue weighted by atomic mass is 10.1. The molecule has 9 heteroatoms. The molecule has 2 aromatic carbocycles. The third kappa shape index (κ3) is 3.82. The van der Waals surface area contributed by atoms with Gasteiger partial charge in [0.15, 0.2) is 0 Å². The summed E-state index contributed by atoms with van der Waals surface area (Å²) in [5, 5.41) is 5.39. The van der Waals surface area contributed by atoms with E-state index in [2.05, 4.69) is 35.6 Å². The van der Waals surface area contributed by atoms with E-state index in [0.29, 0.717) is 22.5 Å². The number of pyridine rings is 1. The Morgan fingerprint density at radius 2 is 1.62 bits per heavy atom. The Morgan fingerprint density at radius 3 is 2.44 bits per heavy atom. The highest BCUT2D eigenvalue weighted by Crippen LogP contribution is 2.21. The number of para-hydroxylation sites is 1. The van der Waals surface area contributed by atoms with E-state index < -0.39 is 5.91 Å². The van der Waals surface area contributed by atoms with Gasteiger partial charge in [-0.1, -0.05) is 36.4 Å². The molecular weight excluding hydrogens is 406 g/mol. The number of carbonyl (C=O) groups excluding carboxylic acids is 2. The maximum atomic E-state index is 12.8. The lowest BCUT2D eigenvalue weighted by Gasteiger charge is -2.05. The molecule has 0 aliphatic rings. The molecule has 0 saturated heterocycles. The molecule has 0 aliphatic carbocycles. The van der Waals surface area contributed by atoms with Crippen molar-refractivity contribution in [2.75, 3.05) is 10.6 Å². The van der Waals surface area contributed by atoms with Crippen molar-refractivity contribution in [2.24, 2.45) is 0 Å². The van der Waals surface area contributed by atoms with Gasteiger partial charge in [-0.15, -0.1) is 0 Å². The molecule has 0 aliphatic heterocycles. The van der Waals surface area contributed by atoms with Crippen LogP contribution in [0, 0.1) is 0 Å². The third-order valence-electron chi connectivity index (χ3n) is 4.82. The molecule has 3 heterocycles. The minimum Gasteiger partial charge on any atom is -0.331 e. The molecule has 0 bridgehead atoms. The predicted molar refractivity (Wildman–Crippen MR) is 120 cm³/mol. The van der Waals surface area contributed by atoms with Gasteiger partial charge in [0.25, 0.3) is 11.8 Å². The maximum Gasteiger partial charge on any atom is 0.276 e. The van der Waals surface area contributed by atoms with Gasteiger partial charge in [-0.05, 0) is 35.4 Å². The molecule has 5 rings (SSSR count). The number of amides is 2. The number of hydrogen-bond donors (Lipinski definition) is 4. The van der Waals surface area contributed by atoms with E-state index in [9.17, 15) is 9.59 Å². The van der Waals surface area contributed by atoms with Gasteiger partial charge >= 0.3 is 0 Å². The van der Waals surface area contributed by atoms with Crippen LogP contribution in [0.1, 0.15) is 20.8 Å². The number of hydrogen-bond acceptors (Lipinski definition) is 5. The number of anilines is 2. The second-order valence-electron chi connectivity index (χ2n) is 6.93. The number of nitrogens with zero attached hydrogens (tertiary/aromatic N) is 3. The van der Waals surface area contributed by atoms with Crippen molar-refractivity contribution in [2.45, 2.75) is 0 Å². The highest BCUT2D eigenvalue weighted by molar-refractivity contribution is 6.11. The Bertz CT molecular complexity index is 1410. The Labute approximate surface area is 182 Å². The van der Waals surface area contributed by atoms with E-state index in [4.69, 9.17) is 0 Å². The summed E-state index contributed by atoms with van der Waals surface area (Å²) in [4.78, 5) is 43.8. The summed E-state index contributed by atoms with van der Waals surface area (Å²) in [6.07, 6.45) is 4.74. The first kappa shape index (κ1) is 19.2. The number of nitrogens with one attached hydrogen (secondary N) is 4. The summed E-state index contributed by atoms with van der Waals surface area (Å²) in [5.74, 6) is -0.230. The molecule has 0 atom stereocenters. The Morgan fingerprint density at radius 1 is 0.781 bits per heavy atom. The first-order valence-corrected chi connectivity index (χ1v) is 9.80. The van der Waals surface area contributed by atoms with Crippen LogP contribution in [0.4, 0.5) is 11.9 Å². The predicted octanol–water partition coefficient (Wildman–Crippen LogP) is 3.85. The van der Waals surface area contributed by atoms with Gasteiger partial charge in [-0.25, -0.2) is 9.97 Å². The molecule has 3 aromatic heterocycles. The molecule has 5 aromatic rings. The van der Waals surface area contributed by atoms with E-state index in [1.54, 1.807) is 42.9 Å². The zero-order valence-electron chi connectivity index (χ0n) is 16.7. The lowest BCUT2D eigenvalue weighted by molar-refractivity contribution is 0.101. The van der Waals surface area contributed by atoms with Gasteiger partial charge in [0.2, 0.25) is 11.9 Å².